The van der Waals surface area contributed by atoms with Crippen molar-refractivity contribution in [2.24, 2.45) is 4.99 Å². The number of rotatable bonds is 5. The molecule has 0 aromatic heterocycles. The minimum atomic E-state index is 0.447. The molecule has 27 heavy (non-hydrogen) atoms. The third-order valence-corrected chi connectivity index (χ3v) is 5.02. The fourth-order valence-corrected chi connectivity index (χ4v) is 3.51. The number of ether oxygens (including phenoxy) is 3. The first-order chi connectivity index (χ1) is 13.3. The van der Waals surface area contributed by atoms with Crippen molar-refractivity contribution in [2.45, 2.75) is 6.61 Å². The highest BCUT2D eigenvalue weighted by Gasteiger charge is 2.27. The van der Waals surface area contributed by atoms with Crippen LogP contribution in [0.25, 0.3) is 0 Å². The zero-order valence-corrected chi connectivity index (χ0v) is 16.0. The lowest BCUT2D eigenvalue weighted by Gasteiger charge is -2.40. The lowest BCUT2D eigenvalue weighted by Crippen LogP contribution is -2.50. The van der Waals surface area contributed by atoms with Gasteiger partial charge < -0.3 is 14.2 Å². The van der Waals surface area contributed by atoms with Gasteiger partial charge in [0.15, 0.2) is 0 Å². The van der Waals surface area contributed by atoms with E-state index in [1.54, 1.807) is 7.11 Å². The molecule has 2 aliphatic heterocycles. The molecular formula is C20H22ClN3O3. The number of aliphatic imine (C=N–C) groups is 1. The Morgan fingerprint density at radius 1 is 1.11 bits per heavy atom. The third kappa shape index (κ3) is 3.88. The average molecular weight is 388 g/mol. The van der Waals surface area contributed by atoms with Crippen molar-refractivity contribution in [2.75, 3.05) is 45.1 Å². The van der Waals surface area contributed by atoms with Gasteiger partial charge in [0.2, 0.25) is 0 Å². The number of anilines is 1. The first-order valence-corrected chi connectivity index (χ1v) is 9.33. The summed E-state index contributed by atoms with van der Waals surface area (Å²) in [5.74, 6) is 1.56. The molecule has 2 aromatic rings. The Labute approximate surface area is 163 Å². The summed E-state index contributed by atoms with van der Waals surface area (Å²) in [6, 6.07) is 13.8. The van der Waals surface area contributed by atoms with Gasteiger partial charge in [-0.1, -0.05) is 29.8 Å². The van der Waals surface area contributed by atoms with E-state index in [4.69, 9.17) is 25.8 Å². The molecule has 142 valence electrons. The molecule has 4 rings (SSSR count). The molecular weight excluding hydrogens is 366 g/mol. The van der Waals surface area contributed by atoms with E-state index in [1.165, 1.54) is 0 Å². The van der Waals surface area contributed by atoms with Crippen LogP contribution in [-0.2, 0) is 11.3 Å². The number of hydrogen-bond donors (Lipinski definition) is 0. The quantitative estimate of drug-likeness (QED) is 0.787. The summed E-state index contributed by atoms with van der Waals surface area (Å²) in [6.07, 6.45) is 0. The largest absolute Gasteiger partial charge is 0.497 e. The summed E-state index contributed by atoms with van der Waals surface area (Å²) in [6.45, 7) is 4.07. The molecule has 1 fully saturated rings. The van der Waals surface area contributed by atoms with Gasteiger partial charge in [-0.05, 0) is 29.8 Å². The molecule has 0 unspecified atom stereocenters. The van der Waals surface area contributed by atoms with E-state index >= 15 is 0 Å². The van der Waals surface area contributed by atoms with Crippen LogP contribution in [0, 0.1) is 0 Å². The Kier molecular flexibility index (Phi) is 5.48. The molecule has 0 bridgehead atoms. The van der Waals surface area contributed by atoms with E-state index in [0.29, 0.717) is 18.4 Å². The molecule has 6 nitrogen and oxygen atoms in total. The van der Waals surface area contributed by atoms with Crippen LogP contribution in [0.1, 0.15) is 11.1 Å². The van der Waals surface area contributed by atoms with Crippen LogP contribution in [-0.4, -0.2) is 50.3 Å². The molecule has 0 spiro atoms. The topological polar surface area (TPSA) is 46.5 Å². The van der Waals surface area contributed by atoms with Gasteiger partial charge >= 0.3 is 0 Å². The van der Waals surface area contributed by atoms with Gasteiger partial charge in [0.25, 0.3) is 0 Å². The lowest BCUT2D eigenvalue weighted by atomic mass is 10.1. The highest BCUT2D eigenvalue weighted by atomic mass is 35.5. The van der Waals surface area contributed by atoms with Crippen molar-refractivity contribution in [1.82, 2.24) is 5.01 Å². The summed E-state index contributed by atoms with van der Waals surface area (Å²) in [4.78, 5) is 4.50. The van der Waals surface area contributed by atoms with Gasteiger partial charge in [0, 0.05) is 13.1 Å². The fourth-order valence-electron chi connectivity index (χ4n) is 3.27. The average Bonchev–Trinajstić information content (AvgIpc) is 2.73. The van der Waals surface area contributed by atoms with Gasteiger partial charge in [-0.15, -0.1) is 0 Å². The second-order valence-corrected chi connectivity index (χ2v) is 6.70. The summed E-state index contributed by atoms with van der Waals surface area (Å²) >= 11 is 6.46. The lowest BCUT2D eigenvalue weighted by molar-refractivity contribution is 0.0318. The van der Waals surface area contributed by atoms with Crippen molar-refractivity contribution < 1.29 is 14.2 Å². The predicted octanol–water partition coefficient (Wildman–Crippen LogP) is 3.28. The molecule has 2 aliphatic rings. The van der Waals surface area contributed by atoms with Crippen LogP contribution < -0.4 is 14.5 Å². The molecule has 0 N–H and O–H groups in total. The smallest absolute Gasteiger partial charge is 0.138 e. The van der Waals surface area contributed by atoms with Crippen LogP contribution in [0.2, 0.25) is 0 Å². The maximum Gasteiger partial charge on any atom is 0.138 e. The number of benzene rings is 2. The first-order valence-electron chi connectivity index (χ1n) is 8.95. The molecule has 0 saturated carbocycles. The first kappa shape index (κ1) is 18.1. The molecule has 2 heterocycles. The maximum atomic E-state index is 6.46. The summed E-state index contributed by atoms with van der Waals surface area (Å²) < 4.78 is 16.8. The van der Waals surface area contributed by atoms with Crippen LogP contribution in [0.3, 0.4) is 0 Å². The Morgan fingerprint density at radius 2 is 1.89 bits per heavy atom. The van der Waals surface area contributed by atoms with Crippen LogP contribution >= 0.6 is 11.6 Å². The number of nitrogens with zero attached hydrogens (tertiary/aromatic N) is 3. The van der Waals surface area contributed by atoms with Gasteiger partial charge in [-0.25, -0.2) is 10.0 Å². The molecule has 1 saturated heterocycles. The van der Waals surface area contributed by atoms with Crippen molar-refractivity contribution in [3.05, 3.63) is 53.6 Å². The Bertz CT molecular complexity index is 820. The predicted molar refractivity (Wildman–Crippen MR) is 106 cm³/mol. The van der Waals surface area contributed by atoms with E-state index in [2.05, 4.69) is 21.1 Å². The van der Waals surface area contributed by atoms with E-state index in [1.807, 2.05) is 36.4 Å². The van der Waals surface area contributed by atoms with Crippen LogP contribution in [0.4, 0.5) is 5.69 Å². The number of morpholine rings is 1. The maximum absolute atomic E-state index is 6.46. The van der Waals surface area contributed by atoms with Crippen molar-refractivity contribution >= 4 is 22.5 Å². The monoisotopic (exact) mass is 387 g/mol. The highest BCUT2D eigenvalue weighted by Crippen LogP contribution is 2.35. The second kappa shape index (κ2) is 8.17. The molecule has 0 amide bonds. The Morgan fingerprint density at radius 3 is 2.63 bits per heavy atom. The molecule has 7 heteroatoms. The van der Waals surface area contributed by atoms with Crippen molar-refractivity contribution in [1.29, 1.82) is 0 Å². The number of hydrazine groups is 1. The van der Waals surface area contributed by atoms with Crippen LogP contribution in [0.5, 0.6) is 11.5 Å². The molecule has 0 radical (unpaired) electrons. The van der Waals surface area contributed by atoms with Gasteiger partial charge in [0.05, 0.1) is 31.6 Å². The Hall–Kier alpha value is -2.28. The van der Waals surface area contributed by atoms with E-state index in [-0.39, 0.29) is 0 Å². The number of halogens is 1. The molecule has 0 aliphatic carbocycles. The van der Waals surface area contributed by atoms with E-state index < -0.39 is 0 Å². The molecule has 2 aromatic carbocycles. The SMILES string of the molecule is COc1ccc(COc2cccc3c2C(Cl)=NCN3N2CCOCC2)cc1. The minimum Gasteiger partial charge on any atom is -0.497 e. The van der Waals surface area contributed by atoms with E-state index in [9.17, 15) is 0 Å². The number of methoxy groups -OCH3 is 1. The summed E-state index contributed by atoms with van der Waals surface area (Å²) in [7, 11) is 1.66. The molecule has 0 atom stereocenters. The zero-order chi connectivity index (χ0) is 18.6. The standard InChI is InChI=1S/C20H22ClN3O3/c1-25-16-7-5-15(6-8-16)13-27-18-4-2-3-17-19(18)20(21)22-14-24(17)23-9-11-26-12-10-23/h2-8H,9-14H2,1H3. The van der Waals surface area contributed by atoms with Gasteiger partial charge in [-0.3, -0.25) is 5.01 Å². The normalized spacial score (nSPS) is 17.3. The van der Waals surface area contributed by atoms with Crippen molar-refractivity contribution in [3.63, 3.8) is 0 Å². The summed E-state index contributed by atoms with van der Waals surface area (Å²) in [5.41, 5.74) is 2.91. The minimum absolute atomic E-state index is 0.447. The number of hydrogen-bond acceptors (Lipinski definition) is 6. The third-order valence-electron chi connectivity index (χ3n) is 4.71. The van der Waals surface area contributed by atoms with E-state index in [0.717, 1.165) is 54.6 Å². The Balaban J connectivity index is 1.56. The highest BCUT2D eigenvalue weighted by molar-refractivity contribution is 6.70. The second-order valence-electron chi connectivity index (χ2n) is 6.34. The van der Waals surface area contributed by atoms with Gasteiger partial charge in [0.1, 0.15) is 29.9 Å². The van der Waals surface area contributed by atoms with Crippen LogP contribution in [0.15, 0.2) is 47.5 Å². The summed E-state index contributed by atoms with van der Waals surface area (Å²) in [5, 5.41) is 4.90. The fraction of sp³-hybridized carbons (Fsp3) is 0.350. The zero-order valence-electron chi connectivity index (χ0n) is 15.2. The number of fused-ring (bicyclic) bond motifs is 1. The van der Waals surface area contributed by atoms with Gasteiger partial charge in [-0.2, -0.15) is 0 Å². The van der Waals surface area contributed by atoms with Crippen molar-refractivity contribution in [3.8, 4) is 11.5 Å².